The van der Waals surface area contributed by atoms with Gasteiger partial charge in [0.25, 0.3) is 15.9 Å². The van der Waals surface area contributed by atoms with Gasteiger partial charge in [0.15, 0.2) is 0 Å². The van der Waals surface area contributed by atoms with Gasteiger partial charge in [-0.15, -0.1) is 0 Å². The first-order valence-electron chi connectivity index (χ1n) is 19.7. The summed E-state index contributed by atoms with van der Waals surface area (Å²) in [6.45, 7) is 9.03. The van der Waals surface area contributed by atoms with E-state index in [1.165, 1.54) is 28.8 Å². The number of hydrogen-bond donors (Lipinski definition) is 5. The molecule has 306 valence electrons. The van der Waals surface area contributed by atoms with Crippen LogP contribution in [0.5, 0.6) is 11.5 Å². The van der Waals surface area contributed by atoms with E-state index in [2.05, 4.69) is 63.3 Å². The number of likely N-dealkylation sites (N-methyl/N-ethyl adjacent to an activating group) is 1. The summed E-state index contributed by atoms with van der Waals surface area (Å²) in [7, 11) is -2.18. The van der Waals surface area contributed by atoms with Crippen molar-refractivity contribution in [3.05, 3.63) is 107 Å². The number of hydrogen-bond acceptors (Lipinski definition) is 10. The molecule has 0 unspecified atom stereocenters. The number of sulfonamides is 1. The number of nitrogen functional groups attached to an aromatic ring is 1. The Hall–Kier alpha value is -5.08. The number of carbonyl (C=O) groups is 1. The van der Waals surface area contributed by atoms with Crippen molar-refractivity contribution in [2.24, 2.45) is 11.3 Å². The Morgan fingerprint density at radius 2 is 1.84 bits per heavy atom. The largest absolute Gasteiger partial charge is 0.455 e. The van der Waals surface area contributed by atoms with Crippen LogP contribution in [-0.4, -0.2) is 75.6 Å². The molecular weight excluding hydrogens is 774 g/mol. The van der Waals surface area contributed by atoms with Gasteiger partial charge in [0.2, 0.25) is 0 Å². The summed E-state index contributed by atoms with van der Waals surface area (Å²) in [5.74, 6) is 0.149. The molecule has 14 heteroatoms. The molecule has 2 aliphatic rings. The number of allylic oxidation sites excluding steroid dienone is 1. The molecule has 1 saturated heterocycles. The quantitative estimate of drug-likeness (QED) is 0.0647. The van der Waals surface area contributed by atoms with Crippen LogP contribution in [0.4, 0.5) is 17.1 Å². The van der Waals surface area contributed by atoms with Gasteiger partial charge in [0, 0.05) is 67.8 Å². The molecular formula is C44H52ClN7O5S. The number of carbonyl (C=O) groups excluding carboxylic acids is 1. The van der Waals surface area contributed by atoms with E-state index < -0.39 is 15.9 Å². The van der Waals surface area contributed by atoms with E-state index in [0.29, 0.717) is 41.8 Å². The number of ether oxygens (including phenoxy) is 2. The van der Waals surface area contributed by atoms with E-state index in [-0.39, 0.29) is 27.3 Å². The standard InChI is InChI=1S/C44H52ClN7O5S/c1-44(2)16-12-32(38(25-44)30-4-6-33(45)7-5-30)28-52(3)19-18-47-34-8-10-37(41(23-34)57-35-22-31-13-17-48-42(31)50-27-35)43(53)51-58(54,55)36-9-11-40(39(46)24-36)49-26-29-14-20-56-21-15-29/h4-11,13,17,22-24,27,29,47,49H,12,14-16,18-21,25-26,28,46H2,1-3H3,(H,48,50)(H,51,53). The lowest BCUT2D eigenvalue weighted by Crippen LogP contribution is -2.31. The predicted molar refractivity (Wildman–Crippen MR) is 232 cm³/mol. The number of nitrogens with zero attached hydrogens (tertiary/aromatic N) is 2. The second kappa shape index (κ2) is 17.8. The number of H-pyrrole nitrogens is 1. The summed E-state index contributed by atoms with van der Waals surface area (Å²) < 4.78 is 41.0. The maximum absolute atomic E-state index is 13.8. The van der Waals surface area contributed by atoms with Gasteiger partial charge in [-0.05, 0) is 116 Å². The van der Waals surface area contributed by atoms with E-state index in [1.807, 2.05) is 18.2 Å². The zero-order valence-corrected chi connectivity index (χ0v) is 34.8. The number of rotatable bonds is 15. The first-order valence-corrected chi connectivity index (χ1v) is 21.6. The normalized spacial score (nSPS) is 16.1. The van der Waals surface area contributed by atoms with E-state index in [1.54, 1.807) is 42.7 Å². The number of halogens is 1. The van der Waals surface area contributed by atoms with Crippen LogP contribution in [0.15, 0.2) is 95.7 Å². The fourth-order valence-corrected chi connectivity index (χ4v) is 8.70. The van der Waals surface area contributed by atoms with Gasteiger partial charge in [-0.1, -0.05) is 43.2 Å². The molecule has 58 heavy (non-hydrogen) atoms. The molecule has 0 saturated carbocycles. The van der Waals surface area contributed by atoms with Crippen molar-refractivity contribution in [1.82, 2.24) is 19.6 Å². The Morgan fingerprint density at radius 1 is 1.05 bits per heavy atom. The number of pyridine rings is 1. The van der Waals surface area contributed by atoms with Crippen LogP contribution in [0, 0.1) is 11.3 Å². The second-order valence-corrected chi connectivity index (χ2v) is 18.2. The highest BCUT2D eigenvalue weighted by Gasteiger charge is 2.28. The molecule has 1 amide bonds. The molecule has 0 spiro atoms. The van der Waals surface area contributed by atoms with Gasteiger partial charge in [-0.3, -0.25) is 4.79 Å². The second-order valence-electron chi connectivity index (χ2n) is 16.1. The van der Waals surface area contributed by atoms with E-state index in [0.717, 1.165) is 68.8 Å². The molecule has 1 fully saturated rings. The Balaban J connectivity index is 1.04. The van der Waals surface area contributed by atoms with Crippen molar-refractivity contribution < 1.29 is 22.7 Å². The van der Waals surface area contributed by atoms with E-state index >= 15 is 0 Å². The van der Waals surface area contributed by atoms with Gasteiger partial charge in [0.1, 0.15) is 17.1 Å². The molecule has 1 aliphatic carbocycles. The Morgan fingerprint density at radius 3 is 2.62 bits per heavy atom. The molecule has 0 atom stereocenters. The maximum Gasteiger partial charge on any atom is 0.268 e. The van der Waals surface area contributed by atoms with Gasteiger partial charge >= 0.3 is 0 Å². The molecule has 3 heterocycles. The number of amides is 1. The predicted octanol–water partition coefficient (Wildman–Crippen LogP) is 8.56. The Bertz CT molecular complexity index is 2390. The summed E-state index contributed by atoms with van der Waals surface area (Å²) in [6.07, 6.45) is 8.42. The van der Waals surface area contributed by atoms with Crippen molar-refractivity contribution in [3.8, 4) is 11.5 Å². The summed E-state index contributed by atoms with van der Waals surface area (Å²) in [6, 6.07) is 21.2. The fraction of sp³-hybridized carbons (Fsp3) is 0.364. The van der Waals surface area contributed by atoms with Gasteiger partial charge in [-0.25, -0.2) is 18.1 Å². The van der Waals surface area contributed by atoms with Crippen molar-refractivity contribution in [2.45, 2.75) is 50.8 Å². The number of aromatic nitrogens is 2. The van der Waals surface area contributed by atoms with Crippen LogP contribution in [0.2, 0.25) is 5.02 Å². The lowest BCUT2D eigenvalue weighted by Gasteiger charge is -2.35. The highest BCUT2D eigenvalue weighted by molar-refractivity contribution is 7.90. The van der Waals surface area contributed by atoms with Crippen molar-refractivity contribution in [3.63, 3.8) is 0 Å². The average Bonchev–Trinajstić information content (AvgIpc) is 3.67. The average molecular weight is 826 g/mol. The summed E-state index contributed by atoms with van der Waals surface area (Å²) in [5.41, 5.74) is 12.9. The number of benzene rings is 3. The SMILES string of the molecule is CN(CCNc1ccc(C(=O)NS(=O)(=O)c2ccc(NCC3CCOCC3)c(N)c2)c(Oc2cnc3[nH]ccc3c2)c1)CC1=C(c2ccc(Cl)cc2)CC(C)(C)CC1. The summed E-state index contributed by atoms with van der Waals surface area (Å²) in [5, 5.41) is 8.34. The molecule has 1 aliphatic heterocycles. The third kappa shape index (κ3) is 10.3. The highest BCUT2D eigenvalue weighted by Crippen LogP contribution is 2.43. The zero-order chi connectivity index (χ0) is 40.9. The third-order valence-corrected chi connectivity index (χ3v) is 12.6. The lowest BCUT2D eigenvalue weighted by molar-refractivity contribution is 0.0699. The van der Waals surface area contributed by atoms with Crippen LogP contribution in [0.1, 0.15) is 61.9 Å². The molecule has 3 aromatic carbocycles. The molecule has 0 bridgehead atoms. The van der Waals surface area contributed by atoms with Crippen LogP contribution in [0.25, 0.3) is 16.6 Å². The number of nitrogens with two attached hydrogens (primary N) is 1. The summed E-state index contributed by atoms with van der Waals surface area (Å²) >= 11 is 6.21. The van der Waals surface area contributed by atoms with Crippen molar-refractivity contribution in [2.75, 3.05) is 62.8 Å². The number of fused-ring (bicyclic) bond motifs is 1. The molecule has 12 nitrogen and oxygen atoms in total. The molecule has 2 aromatic heterocycles. The lowest BCUT2D eigenvalue weighted by atomic mass is 9.72. The molecule has 6 N–H and O–H groups in total. The number of anilines is 3. The molecule has 7 rings (SSSR count). The van der Waals surface area contributed by atoms with Crippen LogP contribution in [-0.2, 0) is 14.8 Å². The first kappa shape index (κ1) is 41.1. The van der Waals surface area contributed by atoms with Gasteiger partial charge < -0.3 is 35.7 Å². The smallest absolute Gasteiger partial charge is 0.268 e. The van der Waals surface area contributed by atoms with Crippen LogP contribution < -0.4 is 25.8 Å². The third-order valence-electron chi connectivity index (χ3n) is 11.0. The first-order chi connectivity index (χ1) is 27.8. The fourth-order valence-electron chi connectivity index (χ4n) is 7.58. The van der Waals surface area contributed by atoms with Gasteiger partial charge in [-0.2, -0.15) is 0 Å². The van der Waals surface area contributed by atoms with Crippen molar-refractivity contribution >= 4 is 61.2 Å². The minimum atomic E-state index is -4.30. The minimum absolute atomic E-state index is 0.0324. The van der Waals surface area contributed by atoms with Crippen LogP contribution in [0.3, 0.4) is 0 Å². The van der Waals surface area contributed by atoms with Crippen LogP contribution >= 0.6 is 11.6 Å². The summed E-state index contributed by atoms with van der Waals surface area (Å²) in [4.78, 5) is 23.4. The highest BCUT2D eigenvalue weighted by atomic mass is 35.5. The number of aromatic amines is 1. The number of nitrogens with one attached hydrogen (secondary N) is 4. The molecule has 0 radical (unpaired) electrons. The van der Waals surface area contributed by atoms with Crippen molar-refractivity contribution in [1.29, 1.82) is 0 Å². The Kier molecular flexibility index (Phi) is 12.6. The topological polar surface area (TPSA) is 164 Å². The van der Waals surface area contributed by atoms with E-state index in [9.17, 15) is 13.2 Å². The Labute approximate surface area is 345 Å². The molecule has 5 aromatic rings. The monoisotopic (exact) mass is 825 g/mol. The zero-order valence-electron chi connectivity index (χ0n) is 33.2. The van der Waals surface area contributed by atoms with E-state index in [4.69, 9.17) is 26.8 Å². The van der Waals surface area contributed by atoms with Gasteiger partial charge in [0.05, 0.1) is 28.0 Å². The maximum atomic E-state index is 13.8. The minimum Gasteiger partial charge on any atom is -0.455 e.